The van der Waals surface area contributed by atoms with Crippen LogP contribution in [0.3, 0.4) is 0 Å². The van der Waals surface area contributed by atoms with Crippen molar-refractivity contribution in [3.05, 3.63) is 0 Å². The molecule has 1 aliphatic heterocycles. The van der Waals surface area contributed by atoms with Gasteiger partial charge in [0.2, 0.25) is 5.91 Å². The maximum atomic E-state index is 12.4. The predicted molar refractivity (Wildman–Crippen MR) is 79.7 cm³/mol. The number of aliphatic hydroxyl groups excluding tert-OH is 1. The van der Waals surface area contributed by atoms with Crippen molar-refractivity contribution in [2.45, 2.75) is 31.8 Å². The fourth-order valence-corrected chi connectivity index (χ4v) is 3.24. The van der Waals surface area contributed by atoms with Crippen LogP contribution >= 0.6 is 0 Å². The molecule has 0 spiro atoms. The second-order valence-electron chi connectivity index (χ2n) is 6.65. The predicted octanol–water partition coefficient (Wildman–Crippen LogP) is 0.609. The van der Waals surface area contributed by atoms with Crippen molar-refractivity contribution in [2.75, 3.05) is 40.8 Å². The SMILES string of the molecule is CN(C)C(=O)N1CCC(C(=O)N(C)CC2CC(O)C2)CC1. The number of carbonyl (C=O) groups excluding carboxylic acids is 2. The molecule has 0 aromatic heterocycles. The topological polar surface area (TPSA) is 64.1 Å². The van der Waals surface area contributed by atoms with Gasteiger partial charge in [-0.3, -0.25) is 4.79 Å². The zero-order valence-electron chi connectivity index (χ0n) is 13.3. The summed E-state index contributed by atoms with van der Waals surface area (Å²) >= 11 is 0. The van der Waals surface area contributed by atoms with E-state index >= 15 is 0 Å². The van der Waals surface area contributed by atoms with Gasteiger partial charge in [-0.1, -0.05) is 0 Å². The van der Waals surface area contributed by atoms with E-state index in [9.17, 15) is 14.7 Å². The lowest BCUT2D eigenvalue weighted by Gasteiger charge is -2.37. The van der Waals surface area contributed by atoms with Crippen LogP contribution in [0.5, 0.6) is 0 Å². The van der Waals surface area contributed by atoms with E-state index < -0.39 is 0 Å². The molecular weight excluding hydrogens is 270 g/mol. The molecule has 0 bridgehead atoms. The van der Waals surface area contributed by atoms with Gasteiger partial charge in [-0.05, 0) is 31.6 Å². The van der Waals surface area contributed by atoms with Crippen molar-refractivity contribution in [1.29, 1.82) is 0 Å². The van der Waals surface area contributed by atoms with E-state index in [2.05, 4.69) is 0 Å². The van der Waals surface area contributed by atoms with Gasteiger partial charge >= 0.3 is 6.03 Å². The average Bonchev–Trinajstić information content (AvgIpc) is 2.44. The highest BCUT2D eigenvalue weighted by atomic mass is 16.3. The molecule has 6 nitrogen and oxygen atoms in total. The number of aliphatic hydroxyl groups is 1. The Bertz CT molecular complexity index is 386. The molecule has 0 atom stereocenters. The zero-order valence-corrected chi connectivity index (χ0v) is 13.3. The first kappa shape index (κ1) is 16.1. The van der Waals surface area contributed by atoms with Gasteiger partial charge in [0.15, 0.2) is 0 Å². The van der Waals surface area contributed by atoms with Crippen molar-refractivity contribution in [3.63, 3.8) is 0 Å². The standard InChI is InChI=1S/C15H27N3O3/c1-16(2)15(21)18-6-4-12(5-7-18)14(20)17(3)10-11-8-13(19)9-11/h11-13,19H,4-10H2,1-3H3. The van der Waals surface area contributed by atoms with Crippen LogP contribution in [0.4, 0.5) is 4.79 Å². The van der Waals surface area contributed by atoms with Crippen LogP contribution in [0.25, 0.3) is 0 Å². The Labute approximate surface area is 126 Å². The second-order valence-corrected chi connectivity index (χ2v) is 6.65. The molecule has 1 N–H and O–H groups in total. The Balaban J connectivity index is 1.76. The first-order valence-electron chi connectivity index (χ1n) is 7.77. The number of carbonyl (C=O) groups is 2. The van der Waals surface area contributed by atoms with Crippen LogP contribution in [0.15, 0.2) is 0 Å². The van der Waals surface area contributed by atoms with E-state index in [0.717, 1.165) is 32.2 Å². The highest BCUT2D eigenvalue weighted by Gasteiger charge is 2.33. The van der Waals surface area contributed by atoms with Gasteiger partial charge in [0, 0.05) is 46.7 Å². The van der Waals surface area contributed by atoms with Gasteiger partial charge in [0.25, 0.3) is 0 Å². The fourth-order valence-electron chi connectivity index (χ4n) is 3.24. The number of amides is 3. The molecule has 0 unspecified atom stereocenters. The Morgan fingerprint density at radius 3 is 2.19 bits per heavy atom. The van der Waals surface area contributed by atoms with Crippen molar-refractivity contribution < 1.29 is 14.7 Å². The van der Waals surface area contributed by atoms with Gasteiger partial charge in [0.1, 0.15) is 0 Å². The molecule has 21 heavy (non-hydrogen) atoms. The van der Waals surface area contributed by atoms with E-state index in [-0.39, 0.29) is 24.0 Å². The molecule has 1 saturated carbocycles. The Morgan fingerprint density at radius 2 is 1.71 bits per heavy atom. The maximum absolute atomic E-state index is 12.4. The van der Waals surface area contributed by atoms with E-state index in [1.807, 2.05) is 16.8 Å². The molecule has 0 radical (unpaired) electrons. The highest BCUT2D eigenvalue weighted by Crippen LogP contribution is 2.28. The lowest BCUT2D eigenvalue weighted by Crippen LogP contribution is -2.47. The number of urea groups is 1. The molecule has 2 fully saturated rings. The summed E-state index contributed by atoms with van der Waals surface area (Å²) in [6, 6.07) is 0.0257. The third kappa shape index (κ3) is 3.87. The van der Waals surface area contributed by atoms with Gasteiger partial charge in [-0.25, -0.2) is 4.79 Å². The molecule has 2 rings (SSSR count). The minimum atomic E-state index is -0.168. The molecule has 1 saturated heterocycles. The number of likely N-dealkylation sites (tertiary alicyclic amines) is 1. The summed E-state index contributed by atoms with van der Waals surface area (Å²) in [5, 5.41) is 9.30. The highest BCUT2D eigenvalue weighted by molar-refractivity contribution is 5.79. The number of hydrogen-bond donors (Lipinski definition) is 1. The summed E-state index contributed by atoms with van der Waals surface area (Å²) in [6.45, 7) is 2.06. The van der Waals surface area contributed by atoms with Gasteiger partial charge in [0.05, 0.1) is 6.10 Å². The van der Waals surface area contributed by atoms with Crippen molar-refractivity contribution >= 4 is 11.9 Å². The molecule has 6 heteroatoms. The van der Waals surface area contributed by atoms with Crippen molar-refractivity contribution in [2.24, 2.45) is 11.8 Å². The quantitative estimate of drug-likeness (QED) is 0.830. The zero-order chi connectivity index (χ0) is 15.6. The molecule has 0 aromatic carbocycles. The van der Waals surface area contributed by atoms with E-state index in [4.69, 9.17) is 0 Å². The molecule has 1 aliphatic carbocycles. The second kappa shape index (κ2) is 6.64. The first-order valence-corrected chi connectivity index (χ1v) is 7.77. The fraction of sp³-hybridized carbons (Fsp3) is 0.867. The summed E-state index contributed by atoms with van der Waals surface area (Å²) in [5.74, 6) is 0.670. The maximum Gasteiger partial charge on any atom is 0.319 e. The largest absolute Gasteiger partial charge is 0.393 e. The molecular formula is C15H27N3O3. The minimum absolute atomic E-state index is 0.0257. The van der Waals surface area contributed by atoms with Gasteiger partial charge in [-0.15, -0.1) is 0 Å². The number of nitrogens with zero attached hydrogens (tertiary/aromatic N) is 3. The summed E-state index contributed by atoms with van der Waals surface area (Å²) < 4.78 is 0. The third-order valence-corrected chi connectivity index (χ3v) is 4.62. The number of piperidine rings is 1. The number of hydrogen-bond acceptors (Lipinski definition) is 3. The Hall–Kier alpha value is -1.30. The summed E-state index contributed by atoms with van der Waals surface area (Å²) in [6.07, 6.45) is 2.95. The van der Waals surface area contributed by atoms with Crippen LogP contribution in [0.2, 0.25) is 0 Å². The van der Waals surface area contributed by atoms with Crippen LogP contribution in [0, 0.1) is 11.8 Å². The summed E-state index contributed by atoms with van der Waals surface area (Å²) in [5.41, 5.74) is 0. The van der Waals surface area contributed by atoms with Crippen molar-refractivity contribution in [3.8, 4) is 0 Å². The van der Waals surface area contributed by atoms with Gasteiger partial charge < -0.3 is 19.8 Å². The monoisotopic (exact) mass is 297 g/mol. The van der Waals surface area contributed by atoms with Crippen LogP contribution in [-0.2, 0) is 4.79 Å². The molecule has 2 aliphatic rings. The van der Waals surface area contributed by atoms with E-state index in [0.29, 0.717) is 19.0 Å². The molecule has 0 aromatic rings. The van der Waals surface area contributed by atoms with Crippen LogP contribution < -0.4 is 0 Å². The summed E-state index contributed by atoms with van der Waals surface area (Å²) in [4.78, 5) is 29.5. The van der Waals surface area contributed by atoms with Gasteiger partial charge in [-0.2, -0.15) is 0 Å². The van der Waals surface area contributed by atoms with Crippen LogP contribution in [0.1, 0.15) is 25.7 Å². The lowest BCUT2D eigenvalue weighted by molar-refractivity contribution is -0.137. The molecule has 3 amide bonds. The van der Waals surface area contributed by atoms with E-state index in [1.165, 1.54) is 0 Å². The molecule has 120 valence electrons. The lowest BCUT2D eigenvalue weighted by atomic mass is 9.82. The normalized spacial score (nSPS) is 26.2. The number of rotatable bonds is 3. The Morgan fingerprint density at radius 1 is 1.14 bits per heavy atom. The first-order chi connectivity index (χ1) is 9.88. The van der Waals surface area contributed by atoms with Crippen molar-refractivity contribution in [1.82, 2.24) is 14.7 Å². The van der Waals surface area contributed by atoms with Crippen LogP contribution in [-0.4, -0.2) is 78.6 Å². The Kier molecular flexibility index (Phi) is 5.08. The average molecular weight is 297 g/mol. The summed E-state index contributed by atoms with van der Waals surface area (Å²) in [7, 11) is 5.35. The smallest absolute Gasteiger partial charge is 0.319 e. The third-order valence-electron chi connectivity index (χ3n) is 4.62. The molecule has 1 heterocycles. The minimum Gasteiger partial charge on any atom is -0.393 e. The van der Waals surface area contributed by atoms with E-state index in [1.54, 1.807) is 19.0 Å².